The molecule has 0 aromatic heterocycles. The summed E-state index contributed by atoms with van der Waals surface area (Å²) in [7, 11) is 1.58. The van der Waals surface area contributed by atoms with Crippen molar-refractivity contribution in [1.82, 2.24) is 5.32 Å². The first-order valence-corrected chi connectivity index (χ1v) is 6.40. The van der Waals surface area contributed by atoms with Gasteiger partial charge >= 0.3 is 6.18 Å². The van der Waals surface area contributed by atoms with E-state index in [-0.39, 0.29) is 12.5 Å². The van der Waals surface area contributed by atoms with Crippen molar-refractivity contribution in [3.05, 3.63) is 29.8 Å². The van der Waals surface area contributed by atoms with Crippen molar-refractivity contribution in [2.24, 2.45) is 0 Å². The van der Waals surface area contributed by atoms with Crippen molar-refractivity contribution >= 4 is 0 Å². The number of hydrogen-bond donors (Lipinski definition) is 1. The minimum Gasteiger partial charge on any atom is -0.497 e. The zero-order valence-electron chi connectivity index (χ0n) is 11.3. The molecule has 1 unspecified atom stereocenters. The van der Waals surface area contributed by atoms with Crippen LogP contribution >= 0.6 is 0 Å². The van der Waals surface area contributed by atoms with Gasteiger partial charge in [0.25, 0.3) is 0 Å². The number of hydrogen-bond acceptors (Lipinski definition) is 2. The molecule has 0 saturated heterocycles. The second-order valence-corrected chi connectivity index (χ2v) is 4.39. The Kier molecular flexibility index (Phi) is 6.15. The minimum atomic E-state index is -4.07. The van der Waals surface area contributed by atoms with Gasteiger partial charge in [-0.05, 0) is 37.1 Å². The first-order chi connectivity index (χ1) is 8.96. The third-order valence-electron chi connectivity index (χ3n) is 2.92. The van der Waals surface area contributed by atoms with Crippen LogP contribution < -0.4 is 10.1 Å². The molecule has 2 nitrogen and oxygen atoms in total. The van der Waals surface area contributed by atoms with Gasteiger partial charge < -0.3 is 10.1 Å². The molecule has 0 aliphatic carbocycles. The molecule has 0 fully saturated rings. The lowest BCUT2D eigenvalue weighted by Crippen LogP contribution is -2.21. The minimum absolute atomic E-state index is 0.0433. The highest BCUT2D eigenvalue weighted by molar-refractivity contribution is 5.29. The van der Waals surface area contributed by atoms with Crippen molar-refractivity contribution in [3.8, 4) is 5.75 Å². The molecular weight excluding hydrogens is 255 g/mol. The topological polar surface area (TPSA) is 21.3 Å². The maximum absolute atomic E-state index is 12.2. The van der Waals surface area contributed by atoms with Crippen LogP contribution in [0.25, 0.3) is 0 Å². The molecule has 1 atom stereocenters. The van der Waals surface area contributed by atoms with E-state index in [9.17, 15) is 13.2 Å². The van der Waals surface area contributed by atoms with Gasteiger partial charge in [0.2, 0.25) is 0 Å². The zero-order chi connectivity index (χ0) is 14.3. The predicted molar refractivity (Wildman–Crippen MR) is 69.3 cm³/mol. The fourth-order valence-electron chi connectivity index (χ4n) is 1.98. The summed E-state index contributed by atoms with van der Waals surface area (Å²) >= 11 is 0. The number of rotatable bonds is 7. The third-order valence-corrected chi connectivity index (χ3v) is 2.92. The van der Waals surface area contributed by atoms with Gasteiger partial charge in [-0.2, -0.15) is 13.2 Å². The van der Waals surface area contributed by atoms with Crippen LogP contribution in [0.4, 0.5) is 13.2 Å². The van der Waals surface area contributed by atoms with Crippen LogP contribution in [-0.4, -0.2) is 19.8 Å². The van der Waals surface area contributed by atoms with Gasteiger partial charge in [0, 0.05) is 12.5 Å². The Bertz CT molecular complexity index is 362. The van der Waals surface area contributed by atoms with Crippen LogP contribution in [0.15, 0.2) is 24.3 Å². The molecule has 0 aliphatic heterocycles. The van der Waals surface area contributed by atoms with Crippen molar-refractivity contribution < 1.29 is 17.9 Å². The van der Waals surface area contributed by atoms with Gasteiger partial charge in [0.1, 0.15) is 5.75 Å². The Morgan fingerprint density at radius 3 is 2.32 bits per heavy atom. The maximum Gasteiger partial charge on any atom is 0.389 e. The molecule has 0 saturated carbocycles. The van der Waals surface area contributed by atoms with Crippen molar-refractivity contribution in [2.75, 3.05) is 13.7 Å². The van der Waals surface area contributed by atoms with Crippen LogP contribution in [0.3, 0.4) is 0 Å². The highest BCUT2D eigenvalue weighted by Crippen LogP contribution is 2.27. The Hall–Kier alpha value is -1.23. The molecule has 5 heteroatoms. The van der Waals surface area contributed by atoms with Crippen LogP contribution in [0, 0.1) is 0 Å². The third kappa shape index (κ3) is 5.96. The molecule has 0 bridgehead atoms. The van der Waals surface area contributed by atoms with Gasteiger partial charge in [0.15, 0.2) is 0 Å². The SMILES string of the molecule is CCNC(CCCC(F)(F)F)c1ccc(OC)cc1. The molecule has 0 aliphatic rings. The van der Waals surface area contributed by atoms with E-state index in [2.05, 4.69) is 5.32 Å². The van der Waals surface area contributed by atoms with Gasteiger partial charge in [0.05, 0.1) is 7.11 Å². The molecule has 1 aromatic rings. The summed E-state index contributed by atoms with van der Waals surface area (Å²) in [6.07, 6.45) is -4.20. The van der Waals surface area contributed by atoms with Crippen LogP contribution in [0.5, 0.6) is 5.75 Å². The zero-order valence-corrected chi connectivity index (χ0v) is 11.3. The van der Waals surface area contributed by atoms with E-state index in [0.29, 0.717) is 6.42 Å². The van der Waals surface area contributed by atoms with Crippen LogP contribution in [0.2, 0.25) is 0 Å². The Balaban J connectivity index is 2.60. The van der Waals surface area contributed by atoms with Gasteiger partial charge in [-0.15, -0.1) is 0 Å². The summed E-state index contributed by atoms with van der Waals surface area (Å²) in [5.41, 5.74) is 0.991. The molecular formula is C14H20F3NO. The Morgan fingerprint density at radius 1 is 1.21 bits per heavy atom. The Morgan fingerprint density at radius 2 is 1.84 bits per heavy atom. The summed E-state index contributed by atoms with van der Waals surface area (Å²) < 4.78 is 41.5. The number of alkyl halides is 3. The molecule has 1 rings (SSSR count). The maximum atomic E-state index is 12.2. The summed E-state index contributed by atoms with van der Waals surface area (Å²) in [4.78, 5) is 0. The number of methoxy groups -OCH3 is 1. The quantitative estimate of drug-likeness (QED) is 0.809. The molecule has 0 spiro atoms. The van der Waals surface area contributed by atoms with Crippen molar-refractivity contribution in [1.29, 1.82) is 0 Å². The fraction of sp³-hybridized carbons (Fsp3) is 0.571. The molecule has 19 heavy (non-hydrogen) atoms. The first kappa shape index (κ1) is 15.8. The lowest BCUT2D eigenvalue weighted by atomic mass is 10.0. The first-order valence-electron chi connectivity index (χ1n) is 6.40. The van der Waals surface area contributed by atoms with Crippen molar-refractivity contribution in [2.45, 2.75) is 38.4 Å². The van der Waals surface area contributed by atoms with Gasteiger partial charge in [-0.1, -0.05) is 19.1 Å². The normalized spacial score (nSPS) is 13.3. The number of benzene rings is 1. The largest absolute Gasteiger partial charge is 0.497 e. The molecule has 0 amide bonds. The second-order valence-electron chi connectivity index (χ2n) is 4.39. The summed E-state index contributed by atoms with van der Waals surface area (Å²) in [6, 6.07) is 7.38. The number of nitrogens with one attached hydrogen (secondary N) is 1. The summed E-state index contributed by atoms with van der Waals surface area (Å²) in [5.74, 6) is 0.745. The van der Waals surface area contributed by atoms with E-state index in [1.807, 2.05) is 31.2 Å². The molecule has 1 aromatic carbocycles. The van der Waals surface area contributed by atoms with Crippen LogP contribution in [0.1, 0.15) is 37.8 Å². The van der Waals surface area contributed by atoms with E-state index in [1.165, 1.54) is 0 Å². The number of halogens is 3. The van der Waals surface area contributed by atoms with E-state index in [1.54, 1.807) is 7.11 Å². The number of ether oxygens (including phenoxy) is 1. The molecule has 108 valence electrons. The van der Waals surface area contributed by atoms with E-state index in [4.69, 9.17) is 4.74 Å². The lowest BCUT2D eigenvalue weighted by molar-refractivity contribution is -0.135. The average molecular weight is 275 g/mol. The van der Waals surface area contributed by atoms with Gasteiger partial charge in [-0.3, -0.25) is 0 Å². The summed E-state index contributed by atoms with van der Waals surface area (Å²) in [5, 5.41) is 3.21. The highest BCUT2D eigenvalue weighted by atomic mass is 19.4. The molecule has 0 radical (unpaired) electrons. The Labute approximate surface area is 112 Å². The monoisotopic (exact) mass is 275 g/mol. The molecule has 1 N–H and O–H groups in total. The lowest BCUT2D eigenvalue weighted by Gasteiger charge is -2.19. The second kappa shape index (κ2) is 7.38. The molecule has 0 heterocycles. The van der Waals surface area contributed by atoms with E-state index in [0.717, 1.165) is 17.9 Å². The van der Waals surface area contributed by atoms with Crippen molar-refractivity contribution in [3.63, 3.8) is 0 Å². The smallest absolute Gasteiger partial charge is 0.389 e. The van der Waals surface area contributed by atoms with E-state index < -0.39 is 12.6 Å². The fourth-order valence-corrected chi connectivity index (χ4v) is 1.98. The standard InChI is InChI=1S/C14H20F3NO/c1-3-18-13(5-4-10-14(15,16)17)11-6-8-12(19-2)9-7-11/h6-9,13,18H,3-5,10H2,1-2H3. The summed E-state index contributed by atoms with van der Waals surface area (Å²) in [6.45, 7) is 2.67. The van der Waals surface area contributed by atoms with E-state index >= 15 is 0 Å². The average Bonchev–Trinajstić information content (AvgIpc) is 2.36. The van der Waals surface area contributed by atoms with Gasteiger partial charge in [-0.25, -0.2) is 0 Å². The highest BCUT2D eigenvalue weighted by Gasteiger charge is 2.26. The van der Waals surface area contributed by atoms with Crippen LogP contribution in [-0.2, 0) is 0 Å². The predicted octanol–water partition coefficient (Wildman–Crippen LogP) is 4.08.